The largest absolute Gasteiger partial charge is 0.383 e. The number of H-pyrrole nitrogens is 1. The number of amides is 2. The van der Waals surface area contributed by atoms with Gasteiger partial charge in [0.2, 0.25) is 0 Å². The summed E-state index contributed by atoms with van der Waals surface area (Å²) in [5, 5.41) is 10.6. The van der Waals surface area contributed by atoms with Gasteiger partial charge >= 0.3 is 11.8 Å². The molecule has 3 aromatic rings. The molecule has 1 aromatic carbocycles. The molecule has 1 saturated heterocycles. The Bertz CT molecular complexity index is 1080. The van der Waals surface area contributed by atoms with E-state index in [1.165, 1.54) is 6.20 Å². The molecule has 0 spiro atoms. The van der Waals surface area contributed by atoms with Crippen molar-refractivity contribution < 1.29 is 9.59 Å². The maximum atomic E-state index is 13.0. The monoisotopic (exact) mass is 392 g/mol. The van der Waals surface area contributed by atoms with Gasteiger partial charge in [-0.05, 0) is 55.0 Å². The van der Waals surface area contributed by atoms with Gasteiger partial charge in [-0.3, -0.25) is 14.7 Å². The van der Waals surface area contributed by atoms with Gasteiger partial charge in [-0.1, -0.05) is 13.0 Å². The fourth-order valence-corrected chi connectivity index (χ4v) is 3.86. The van der Waals surface area contributed by atoms with Crippen molar-refractivity contribution >= 4 is 34.2 Å². The smallest absolute Gasteiger partial charge is 0.313 e. The van der Waals surface area contributed by atoms with E-state index in [2.05, 4.69) is 27.4 Å². The van der Waals surface area contributed by atoms with Crippen LogP contribution in [0.2, 0.25) is 0 Å². The van der Waals surface area contributed by atoms with Crippen molar-refractivity contribution in [2.24, 2.45) is 5.92 Å². The van der Waals surface area contributed by atoms with Crippen LogP contribution < -0.4 is 11.1 Å². The van der Waals surface area contributed by atoms with Crippen molar-refractivity contribution in [2.45, 2.75) is 32.7 Å². The number of benzene rings is 1. The van der Waals surface area contributed by atoms with Crippen LogP contribution in [-0.2, 0) is 9.59 Å². The predicted octanol–water partition coefficient (Wildman–Crippen LogP) is 2.79. The molecule has 8 nitrogen and oxygen atoms in total. The van der Waals surface area contributed by atoms with Gasteiger partial charge in [0, 0.05) is 11.9 Å². The molecular formula is C21H24N6O2. The molecule has 150 valence electrons. The van der Waals surface area contributed by atoms with Gasteiger partial charge < -0.3 is 16.0 Å². The number of anilines is 2. The Morgan fingerprint density at radius 2 is 2.07 bits per heavy atom. The summed E-state index contributed by atoms with van der Waals surface area (Å²) in [4.78, 5) is 31.4. The number of aromatic nitrogens is 3. The van der Waals surface area contributed by atoms with E-state index in [4.69, 9.17) is 5.73 Å². The summed E-state index contributed by atoms with van der Waals surface area (Å²) in [6.45, 7) is 4.44. The molecule has 2 atom stereocenters. The molecule has 2 aromatic heterocycles. The standard InChI is InChI=1S/C21H24N6O2/c1-12-3-6-18(14-4-5-17-15(8-14)9-24-26-17)27(11-12)21(29)20(28)25-16-7-13(2)19(22)23-10-16/h4-5,7-10,12,18H,3,6,11H2,1-2H3,(H2,22,23)(H,24,26)(H,25,28)/t12-,18-/m0/s1. The minimum atomic E-state index is -0.667. The number of hydrogen-bond donors (Lipinski definition) is 3. The number of nitrogens with zero attached hydrogens (tertiary/aromatic N) is 3. The van der Waals surface area contributed by atoms with E-state index in [0.717, 1.165) is 34.9 Å². The van der Waals surface area contributed by atoms with Crippen LogP contribution in [-0.4, -0.2) is 38.4 Å². The molecule has 0 unspecified atom stereocenters. The number of carbonyl (C=O) groups is 2. The van der Waals surface area contributed by atoms with Crippen molar-refractivity contribution in [2.75, 3.05) is 17.6 Å². The molecule has 0 saturated carbocycles. The third-order valence-corrected chi connectivity index (χ3v) is 5.50. The second-order valence-electron chi connectivity index (χ2n) is 7.75. The normalized spacial score (nSPS) is 19.3. The molecule has 0 bridgehead atoms. The summed E-state index contributed by atoms with van der Waals surface area (Å²) in [6, 6.07) is 7.55. The van der Waals surface area contributed by atoms with Gasteiger partial charge in [-0.15, -0.1) is 0 Å². The van der Waals surface area contributed by atoms with Crippen LogP contribution in [0.25, 0.3) is 10.9 Å². The molecule has 2 amide bonds. The summed E-state index contributed by atoms with van der Waals surface area (Å²) < 4.78 is 0. The Labute approximate surface area is 168 Å². The Morgan fingerprint density at radius 1 is 1.24 bits per heavy atom. The zero-order valence-corrected chi connectivity index (χ0v) is 16.5. The topological polar surface area (TPSA) is 117 Å². The first-order chi connectivity index (χ1) is 13.9. The van der Waals surface area contributed by atoms with Gasteiger partial charge in [0.15, 0.2) is 0 Å². The summed E-state index contributed by atoms with van der Waals surface area (Å²) in [5.74, 6) is -0.474. The molecule has 1 aliphatic heterocycles. The van der Waals surface area contributed by atoms with E-state index in [1.807, 2.05) is 18.2 Å². The van der Waals surface area contributed by atoms with E-state index >= 15 is 0 Å². The highest BCUT2D eigenvalue weighted by Crippen LogP contribution is 2.34. The fourth-order valence-electron chi connectivity index (χ4n) is 3.86. The van der Waals surface area contributed by atoms with Crippen LogP contribution in [0.15, 0.2) is 36.7 Å². The molecular weight excluding hydrogens is 368 g/mol. The molecule has 4 rings (SSSR count). The minimum Gasteiger partial charge on any atom is -0.383 e. The number of fused-ring (bicyclic) bond motifs is 1. The molecule has 0 radical (unpaired) electrons. The second-order valence-corrected chi connectivity index (χ2v) is 7.75. The number of aromatic amines is 1. The number of hydrogen-bond acceptors (Lipinski definition) is 5. The molecule has 29 heavy (non-hydrogen) atoms. The van der Waals surface area contributed by atoms with Gasteiger partial charge in [-0.2, -0.15) is 5.10 Å². The SMILES string of the molecule is Cc1cc(NC(=O)C(=O)N2C[C@@H](C)CC[C@H]2c2ccc3[nH]ncc3c2)cnc1N. The van der Waals surface area contributed by atoms with Crippen molar-refractivity contribution in [3.63, 3.8) is 0 Å². The Morgan fingerprint density at radius 3 is 2.86 bits per heavy atom. The first-order valence-electron chi connectivity index (χ1n) is 9.69. The number of likely N-dealkylation sites (tertiary alicyclic amines) is 1. The first kappa shape index (κ1) is 18.9. The van der Waals surface area contributed by atoms with Crippen LogP contribution in [0.1, 0.15) is 36.9 Å². The lowest BCUT2D eigenvalue weighted by Crippen LogP contribution is -2.46. The highest BCUT2D eigenvalue weighted by molar-refractivity contribution is 6.39. The molecule has 0 aliphatic carbocycles. The quantitative estimate of drug-likeness (QED) is 0.580. The van der Waals surface area contributed by atoms with E-state index in [1.54, 1.807) is 24.1 Å². The van der Waals surface area contributed by atoms with Gasteiger partial charge in [-0.25, -0.2) is 4.98 Å². The summed E-state index contributed by atoms with van der Waals surface area (Å²) in [6.07, 6.45) is 5.03. The van der Waals surface area contributed by atoms with Gasteiger partial charge in [0.05, 0.1) is 29.6 Å². The number of aryl methyl sites for hydroxylation is 1. The maximum Gasteiger partial charge on any atom is 0.313 e. The number of carbonyl (C=O) groups excluding carboxylic acids is 2. The zero-order chi connectivity index (χ0) is 20.5. The summed E-state index contributed by atoms with van der Waals surface area (Å²) in [7, 11) is 0. The second kappa shape index (κ2) is 7.54. The van der Waals surface area contributed by atoms with Crippen LogP contribution in [0.4, 0.5) is 11.5 Å². The lowest BCUT2D eigenvalue weighted by molar-refractivity contribution is -0.146. The number of nitrogens with two attached hydrogens (primary N) is 1. The van der Waals surface area contributed by atoms with Crippen LogP contribution >= 0.6 is 0 Å². The molecule has 1 fully saturated rings. The Hall–Kier alpha value is -3.42. The number of nitrogens with one attached hydrogen (secondary N) is 2. The number of nitrogen functional groups attached to an aromatic ring is 1. The molecule has 3 heterocycles. The van der Waals surface area contributed by atoms with E-state index in [9.17, 15) is 9.59 Å². The summed E-state index contributed by atoms with van der Waals surface area (Å²) >= 11 is 0. The number of piperidine rings is 1. The zero-order valence-electron chi connectivity index (χ0n) is 16.5. The maximum absolute atomic E-state index is 13.0. The number of rotatable bonds is 2. The third-order valence-electron chi connectivity index (χ3n) is 5.50. The Kier molecular flexibility index (Phi) is 4.92. The van der Waals surface area contributed by atoms with E-state index in [0.29, 0.717) is 24.0 Å². The van der Waals surface area contributed by atoms with Crippen molar-refractivity contribution in [3.8, 4) is 0 Å². The Balaban J connectivity index is 1.57. The van der Waals surface area contributed by atoms with Gasteiger partial charge in [0.1, 0.15) is 5.82 Å². The van der Waals surface area contributed by atoms with E-state index in [-0.39, 0.29) is 6.04 Å². The average Bonchev–Trinajstić information content (AvgIpc) is 3.18. The van der Waals surface area contributed by atoms with Crippen molar-refractivity contribution in [3.05, 3.63) is 47.8 Å². The summed E-state index contributed by atoms with van der Waals surface area (Å²) in [5.41, 5.74) is 8.87. The fraction of sp³-hybridized carbons (Fsp3) is 0.333. The highest BCUT2D eigenvalue weighted by atomic mass is 16.2. The van der Waals surface area contributed by atoms with Crippen molar-refractivity contribution in [1.29, 1.82) is 0 Å². The van der Waals surface area contributed by atoms with Crippen LogP contribution in [0, 0.1) is 12.8 Å². The van der Waals surface area contributed by atoms with Gasteiger partial charge in [0.25, 0.3) is 0 Å². The lowest BCUT2D eigenvalue weighted by Gasteiger charge is -2.38. The molecule has 4 N–H and O–H groups in total. The number of pyridine rings is 1. The highest BCUT2D eigenvalue weighted by Gasteiger charge is 2.34. The average molecular weight is 392 g/mol. The van der Waals surface area contributed by atoms with Crippen LogP contribution in [0.3, 0.4) is 0 Å². The third kappa shape index (κ3) is 3.78. The molecule has 8 heteroatoms. The van der Waals surface area contributed by atoms with Crippen LogP contribution in [0.5, 0.6) is 0 Å². The lowest BCUT2D eigenvalue weighted by atomic mass is 9.89. The first-order valence-corrected chi connectivity index (χ1v) is 9.69. The van der Waals surface area contributed by atoms with Crippen molar-refractivity contribution in [1.82, 2.24) is 20.1 Å². The molecule has 1 aliphatic rings. The predicted molar refractivity (Wildman–Crippen MR) is 111 cm³/mol. The van der Waals surface area contributed by atoms with E-state index < -0.39 is 11.8 Å². The minimum absolute atomic E-state index is 0.143.